The van der Waals surface area contributed by atoms with Crippen molar-refractivity contribution in [3.63, 3.8) is 0 Å². The maximum absolute atomic E-state index is 11.3. The summed E-state index contributed by atoms with van der Waals surface area (Å²) in [5.74, 6) is -0.156. The molecule has 0 fully saturated rings. The van der Waals surface area contributed by atoms with E-state index in [4.69, 9.17) is 5.73 Å². The van der Waals surface area contributed by atoms with Crippen molar-refractivity contribution in [2.75, 3.05) is 5.33 Å². The zero-order valence-corrected chi connectivity index (χ0v) is 10.7. The van der Waals surface area contributed by atoms with E-state index in [1.165, 1.54) is 6.21 Å². The number of halogens is 2. The molecule has 1 amide bonds. The van der Waals surface area contributed by atoms with Crippen LogP contribution in [0.25, 0.3) is 0 Å². The van der Waals surface area contributed by atoms with Crippen LogP contribution in [0.5, 0.6) is 0 Å². The molecule has 8 heteroatoms. The smallest absolute Gasteiger partial charge is 0.281 e. The first-order chi connectivity index (χ1) is 6.70. The highest BCUT2D eigenvalue weighted by Gasteiger charge is 2.29. The van der Waals surface area contributed by atoms with E-state index in [0.717, 1.165) is 0 Å². The molecular formula is C7H7Br2N5O. The fourth-order valence-electron chi connectivity index (χ4n) is 1.11. The minimum Gasteiger partial charge on any atom is -0.368 e. The summed E-state index contributed by atoms with van der Waals surface area (Å²) in [7, 11) is 0. The van der Waals surface area contributed by atoms with E-state index in [0.29, 0.717) is 16.9 Å². The van der Waals surface area contributed by atoms with E-state index in [1.807, 2.05) is 0 Å². The number of carbonyl (C=O) groups is 1. The fraction of sp³-hybridized carbons (Fsp3) is 0.286. The molecule has 0 saturated carbocycles. The Morgan fingerprint density at radius 1 is 1.40 bits per heavy atom. The second kappa shape index (κ2) is 4.75. The van der Waals surface area contributed by atoms with Gasteiger partial charge in [0.1, 0.15) is 0 Å². The fourth-order valence-corrected chi connectivity index (χ4v) is 1.38. The van der Waals surface area contributed by atoms with Gasteiger partial charge in [0.15, 0.2) is 11.9 Å². The zero-order chi connectivity index (χ0) is 10.1. The molecule has 0 aliphatic carbocycles. The molecular weight excluding hydrogens is 330 g/mol. The van der Waals surface area contributed by atoms with Crippen LogP contribution in [-0.2, 0) is 4.79 Å². The molecule has 2 aliphatic rings. The molecule has 2 heterocycles. The molecule has 6 nitrogen and oxygen atoms in total. The number of alkyl halides is 1. The molecule has 2 aliphatic heterocycles. The predicted octanol–water partition coefficient (Wildman–Crippen LogP) is 0.107. The van der Waals surface area contributed by atoms with Crippen LogP contribution in [0.15, 0.2) is 20.0 Å². The second-order valence-electron chi connectivity index (χ2n) is 2.70. The summed E-state index contributed by atoms with van der Waals surface area (Å²) in [5, 5.41) is 0.563. The van der Waals surface area contributed by atoms with Gasteiger partial charge in [0, 0.05) is 11.5 Å². The van der Waals surface area contributed by atoms with Crippen molar-refractivity contribution in [2.24, 2.45) is 25.7 Å². The lowest BCUT2D eigenvalue weighted by Crippen LogP contribution is -2.37. The maximum atomic E-state index is 11.3. The molecule has 1 atom stereocenters. The van der Waals surface area contributed by atoms with E-state index in [9.17, 15) is 4.79 Å². The lowest BCUT2D eigenvalue weighted by Gasteiger charge is -2.16. The Morgan fingerprint density at radius 2 is 2.13 bits per heavy atom. The first-order valence-electron chi connectivity index (χ1n) is 3.84. The largest absolute Gasteiger partial charge is 0.368 e. The van der Waals surface area contributed by atoms with Gasteiger partial charge in [-0.15, -0.1) is 17.0 Å². The Kier molecular flexibility index (Phi) is 3.86. The summed E-state index contributed by atoms with van der Waals surface area (Å²) in [6.45, 7) is 0. The number of nitrogens with two attached hydrogens (primary N) is 1. The maximum Gasteiger partial charge on any atom is 0.281 e. The molecule has 0 bridgehead atoms. The van der Waals surface area contributed by atoms with Crippen molar-refractivity contribution in [2.45, 2.75) is 6.04 Å². The van der Waals surface area contributed by atoms with Crippen LogP contribution in [-0.4, -0.2) is 41.0 Å². The number of amidine groups is 1. The highest BCUT2D eigenvalue weighted by atomic mass is 79.9. The number of guanidine groups is 1. The van der Waals surface area contributed by atoms with Crippen LogP contribution in [0.4, 0.5) is 0 Å². The molecule has 2 N–H and O–H groups in total. The van der Waals surface area contributed by atoms with Gasteiger partial charge in [-0.3, -0.25) is 9.79 Å². The van der Waals surface area contributed by atoms with Gasteiger partial charge in [-0.25, -0.2) is 4.99 Å². The first kappa shape index (κ1) is 12.2. The SMILES string of the molecule is Br.NC1=NC(=O)C2N=CC(CBr)=NC2=N1. The van der Waals surface area contributed by atoms with Gasteiger partial charge < -0.3 is 5.73 Å². The normalized spacial score (nSPS) is 23.4. The third-order valence-corrected chi connectivity index (χ3v) is 2.27. The summed E-state index contributed by atoms with van der Waals surface area (Å²) >= 11 is 3.23. The number of amides is 1. The minimum atomic E-state index is -0.704. The third kappa shape index (κ3) is 2.37. The minimum absolute atomic E-state index is 0. The number of nitrogens with zero attached hydrogens (tertiary/aromatic N) is 4. The molecule has 0 spiro atoms. The van der Waals surface area contributed by atoms with Crippen LogP contribution in [0.1, 0.15) is 0 Å². The number of rotatable bonds is 1. The molecule has 2 rings (SSSR count). The number of carbonyl (C=O) groups excluding carboxylic acids is 1. The van der Waals surface area contributed by atoms with Gasteiger partial charge in [-0.2, -0.15) is 9.98 Å². The molecule has 0 saturated heterocycles. The van der Waals surface area contributed by atoms with Gasteiger partial charge in [0.2, 0.25) is 5.96 Å². The molecule has 0 aromatic rings. The summed E-state index contributed by atoms with van der Waals surface area (Å²) < 4.78 is 0. The Hall–Kier alpha value is -0.890. The third-order valence-electron chi connectivity index (χ3n) is 1.70. The topological polar surface area (TPSA) is 92.5 Å². The summed E-state index contributed by atoms with van der Waals surface area (Å²) in [6, 6.07) is -0.704. The Balaban J connectivity index is 0.00000112. The van der Waals surface area contributed by atoms with Gasteiger partial charge in [-0.1, -0.05) is 15.9 Å². The lowest BCUT2D eigenvalue weighted by atomic mass is 10.2. The Morgan fingerprint density at radius 3 is 2.80 bits per heavy atom. The average molecular weight is 337 g/mol. The molecule has 80 valence electrons. The van der Waals surface area contributed by atoms with Gasteiger partial charge in [-0.05, 0) is 0 Å². The monoisotopic (exact) mass is 335 g/mol. The van der Waals surface area contributed by atoms with Crippen LogP contribution < -0.4 is 5.73 Å². The Bertz CT molecular complexity index is 412. The van der Waals surface area contributed by atoms with E-state index in [-0.39, 0.29) is 22.9 Å². The molecule has 0 radical (unpaired) electrons. The van der Waals surface area contributed by atoms with Crippen molar-refractivity contribution in [1.29, 1.82) is 0 Å². The van der Waals surface area contributed by atoms with Crippen LogP contribution >= 0.6 is 32.9 Å². The van der Waals surface area contributed by atoms with Crippen LogP contribution in [0, 0.1) is 0 Å². The lowest BCUT2D eigenvalue weighted by molar-refractivity contribution is -0.117. The quantitative estimate of drug-likeness (QED) is 0.688. The molecule has 1 unspecified atom stereocenters. The number of aliphatic imine (C=N–C) groups is 4. The Labute approximate surface area is 104 Å². The van der Waals surface area contributed by atoms with Gasteiger partial charge in [0.25, 0.3) is 5.91 Å². The van der Waals surface area contributed by atoms with E-state index >= 15 is 0 Å². The van der Waals surface area contributed by atoms with E-state index in [1.54, 1.807) is 0 Å². The summed E-state index contributed by atoms with van der Waals surface area (Å²) in [5.41, 5.74) is 6.04. The molecule has 0 aromatic carbocycles. The van der Waals surface area contributed by atoms with Crippen molar-refractivity contribution in [1.82, 2.24) is 0 Å². The molecule has 15 heavy (non-hydrogen) atoms. The second-order valence-corrected chi connectivity index (χ2v) is 3.26. The standard InChI is InChI=1S/C7H6BrN5O.BrH/c8-1-3-2-10-4-5(11-3)12-7(9)13-6(4)14;/h2,4H,1H2,(H2,9,13,14);1H. The highest BCUT2D eigenvalue weighted by molar-refractivity contribution is 9.09. The summed E-state index contributed by atoms with van der Waals surface area (Å²) in [4.78, 5) is 26.7. The number of hydrogen-bond donors (Lipinski definition) is 1. The van der Waals surface area contributed by atoms with Crippen LogP contribution in [0.3, 0.4) is 0 Å². The van der Waals surface area contributed by atoms with Crippen molar-refractivity contribution in [3.05, 3.63) is 0 Å². The van der Waals surface area contributed by atoms with Gasteiger partial charge in [0.05, 0.1) is 5.71 Å². The van der Waals surface area contributed by atoms with Crippen molar-refractivity contribution in [3.8, 4) is 0 Å². The first-order valence-corrected chi connectivity index (χ1v) is 4.96. The summed E-state index contributed by atoms with van der Waals surface area (Å²) in [6.07, 6.45) is 1.54. The van der Waals surface area contributed by atoms with Crippen molar-refractivity contribution >= 4 is 62.5 Å². The zero-order valence-electron chi connectivity index (χ0n) is 7.42. The van der Waals surface area contributed by atoms with E-state index < -0.39 is 11.9 Å². The van der Waals surface area contributed by atoms with E-state index in [2.05, 4.69) is 35.9 Å². The predicted molar refractivity (Wildman–Crippen MR) is 67.9 cm³/mol. The number of fused-ring (bicyclic) bond motifs is 1. The average Bonchev–Trinajstić information content (AvgIpc) is 2.16. The molecule has 0 aromatic heterocycles. The van der Waals surface area contributed by atoms with Gasteiger partial charge >= 0.3 is 0 Å². The van der Waals surface area contributed by atoms with Crippen LogP contribution in [0.2, 0.25) is 0 Å². The highest BCUT2D eigenvalue weighted by Crippen LogP contribution is 2.09. The van der Waals surface area contributed by atoms with Crippen molar-refractivity contribution < 1.29 is 4.79 Å². The number of hydrogen-bond acceptors (Lipinski definition) is 5.